The third-order valence-electron chi connectivity index (χ3n) is 6.37. The highest BCUT2D eigenvalue weighted by Gasteiger charge is 2.20. The standard InChI is InChI=1S/C32H34N3O8P/c1-5-41-44(36,42-6-2)18-16-25-20-35(26-11-8-7-9-12-26)34-31(25)40-21-24-14-15-28(30(19-24)37-4)39-22-27-23(3)43-32(33-27)29-13-10-17-38-29/h7-20H,5-6,21-22H2,1-4H3/b18-16-. The maximum Gasteiger partial charge on any atom is 0.354 e. The molecular weight excluding hydrogens is 585 g/mol. The number of hydrogen-bond acceptors (Lipinski definition) is 10. The first-order valence-corrected chi connectivity index (χ1v) is 15.7. The van der Waals surface area contributed by atoms with E-state index in [0.29, 0.717) is 46.0 Å². The summed E-state index contributed by atoms with van der Waals surface area (Å²) in [5.74, 6) is 4.43. The number of benzene rings is 2. The van der Waals surface area contributed by atoms with Crippen molar-refractivity contribution in [2.45, 2.75) is 34.0 Å². The van der Waals surface area contributed by atoms with E-state index in [-0.39, 0.29) is 26.4 Å². The average molecular weight is 620 g/mol. The Hall–Kier alpha value is -4.57. The van der Waals surface area contributed by atoms with E-state index < -0.39 is 7.60 Å². The molecule has 0 atom stereocenters. The fourth-order valence-corrected chi connectivity index (χ4v) is 5.56. The Morgan fingerprint density at radius 1 is 0.955 bits per heavy atom. The van der Waals surface area contributed by atoms with Crippen molar-refractivity contribution in [1.29, 1.82) is 0 Å². The Morgan fingerprint density at radius 2 is 1.75 bits per heavy atom. The molecule has 3 aromatic heterocycles. The summed E-state index contributed by atoms with van der Waals surface area (Å²) in [5.41, 5.74) is 2.93. The number of furan rings is 1. The Bertz CT molecular complexity index is 1720. The van der Waals surface area contributed by atoms with Gasteiger partial charge in [-0.1, -0.05) is 24.3 Å². The van der Waals surface area contributed by atoms with Gasteiger partial charge in [0.05, 0.1) is 37.8 Å². The first kappa shape index (κ1) is 30.9. The largest absolute Gasteiger partial charge is 0.493 e. The molecule has 12 heteroatoms. The molecule has 0 saturated carbocycles. The minimum atomic E-state index is -3.42. The summed E-state index contributed by atoms with van der Waals surface area (Å²) < 4.78 is 54.4. The molecule has 0 unspecified atom stereocenters. The predicted octanol–water partition coefficient (Wildman–Crippen LogP) is 7.83. The van der Waals surface area contributed by atoms with Crippen molar-refractivity contribution in [3.8, 4) is 34.7 Å². The molecule has 0 aliphatic heterocycles. The summed E-state index contributed by atoms with van der Waals surface area (Å²) >= 11 is 0. The maximum atomic E-state index is 13.0. The van der Waals surface area contributed by atoms with Crippen LogP contribution in [-0.2, 0) is 26.8 Å². The average Bonchev–Trinajstić information content (AvgIpc) is 3.79. The summed E-state index contributed by atoms with van der Waals surface area (Å²) in [7, 11) is -1.85. The minimum absolute atomic E-state index is 0.183. The van der Waals surface area contributed by atoms with E-state index in [9.17, 15) is 4.57 Å². The van der Waals surface area contributed by atoms with Gasteiger partial charge in [-0.2, -0.15) is 0 Å². The molecule has 0 amide bonds. The molecule has 0 aliphatic carbocycles. The molecule has 0 fully saturated rings. The Labute approximate surface area is 255 Å². The van der Waals surface area contributed by atoms with Gasteiger partial charge in [-0.15, -0.1) is 5.10 Å². The van der Waals surface area contributed by atoms with Gasteiger partial charge < -0.3 is 32.1 Å². The highest BCUT2D eigenvalue weighted by atomic mass is 31.2. The molecule has 0 aliphatic rings. The first-order chi connectivity index (χ1) is 21.4. The zero-order valence-electron chi connectivity index (χ0n) is 25.0. The normalized spacial score (nSPS) is 11.7. The molecule has 3 heterocycles. The second-order valence-electron chi connectivity index (χ2n) is 9.42. The Morgan fingerprint density at radius 3 is 2.45 bits per heavy atom. The Kier molecular flexibility index (Phi) is 10.0. The molecule has 0 bridgehead atoms. The zero-order valence-corrected chi connectivity index (χ0v) is 25.9. The molecule has 2 aromatic carbocycles. The van der Waals surface area contributed by atoms with Crippen molar-refractivity contribution in [2.24, 2.45) is 0 Å². The summed E-state index contributed by atoms with van der Waals surface area (Å²) in [6.07, 6.45) is 5.01. The summed E-state index contributed by atoms with van der Waals surface area (Å²) in [5, 5.41) is 4.63. The first-order valence-electron chi connectivity index (χ1n) is 14.1. The second-order valence-corrected chi connectivity index (χ2v) is 11.3. The third-order valence-corrected chi connectivity index (χ3v) is 8.13. The van der Waals surface area contributed by atoms with Crippen LogP contribution in [0.15, 0.2) is 87.8 Å². The Balaban J connectivity index is 1.31. The van der Waals surface area contributed by atoms with E-state index in [1.807, 2.05) is 55.5 Å². The number of nitrogens with zero attached hydrogens (tertiary/aromatic N) is 3. The number of rotatable bonds is 15. The van der Waals surface area contributed by atoms with E-state index in [0.717, 1.165) is 11.3 Å². The van der Waals surface area contributed by atoms with Crippen LogP contribution in [0.25, 0.3) is 23.4 Å². The van der Waals surface area contributed by atoms with Gasteiger partial charge in [0.2, 0.25) is 5.88 Å². The molecule has 0 spiro atoms. The van der Waals surface area contributed by atoms with Gasteiger partial charge in [0.1, 0.15) is 24.7 Å². The van der Waals surface area contributed by atoms with Crippen molar-refractivity contribution in [1.82, 2.24) is 14.8 Å². The van der Waals surface area contributed by atoms with Crippen LogP contribution in [0.5, 0.6) is 17.4 Å². The molecular formula is C32H34N3O8P. The van der Waals surface area contributed by atoms with Crippen LogP contribution in [0.4, 0.5) is 0 Å². The number of para-hydroxylation sites is 1. The van der Waals surface area contributed by atoms with Gasteiger partial charge in [-0.05, 0) is 68.8 Å². The van der Waals surface area contributed by atoms with E-state index >= 15 is 0 Å². The zero-order chi connectivity index (χ0) is 30.9. The summed E-state index contributed by atoms with van der Waals surface area (Å²) in [4.78, 5) is 4.49. The van der Waals surface area contributed by atoms with Crippen molar-refractivity contribution in [3.63, 3.8) is 0 Å². The third kappa shape index (κ3) is 7.49. The van der Waals surface area contributed by atoms with Crippen molar-refractivity contribution in [3.05, 3.63) is 102 Å². The number of ether oxygens (including phenoxy) is 3. The van der Waals surface area contributed by atoms with Gasteiger partial charge in [-0.25, -0.2) is 9.67 Å². The fraction of sp³-hybridized carbons (Fsp3) is 0.250. The lowest BCUT2D eigenvalue weighted by Crippen LogP contribution is -2.02. The van der Waals surface area contributed by atoms with Gasteiger partial charge >= 0.3 is 7.60 Å². The number of aromatic nitrogens is 3. The molecule has 44 heavy (non-hydrogen) atoms. The lowest BCUT2D eigenvalue weighted by Gasteiger charge is -2.13. The quantitative estimate of drug-likeness (QED) is 0.107. The molecule has 5 aromatic rings. The van der Waals surface area contributed by atoms with Crippen molar-refractivity contribution >= 4 is 13.7 Å². The molecule has 0 N–H and O–H groups in total. The van der Waals surface area contributed by atoms with Gasteiger partial charge in [0.15, 0.2) is 17.3 Å². The second kappa shape index (κ2) is 14.3. The lowest BCUT2D eigenvalue weighted by molar-refractivity contribution is 0.229. The SMILES string of the molecule is CCOP(=O)(/C=C\c1cn(-c2ccccc2)nc1OCc1ccc(OCc2nc(-c3ccco3)oc2C)c(OC)c1)OCC. The van der Waals surface area contributed by atoms with Crippen LogP contribution in [0.1, 0.15) is 36.4 Å². The number of aryl methyl sites for hydroxylation is 1. The van der Waals surface area contributed by atoms with Crippen LogP contribution in [-0.4, -0.2) is 35.1 Å². The lowest BCUT2D eigenvalue weighted by atomic mass is 10.2. The van der Waals surface area contributed by atoms with Gasteiger partial charge in [0.25, 0.3) is 5.89 Å². The van der Waals surface area contributed by atoms with E-state index in [4.69, 9.17) is 32.1 Å². The summed E-state index contributed by atoms with van der Waals surface area (Å²) in [6.45, 7) is 6.22. The molecule has 0 radical (unpaired) electrons. The molecule has 0 saturated heterocycles. The monoisotopic (exact) mass is 619 g/mol. The van der Waals surface area contributed by atoms with Crippen molar-refractivity contribution < 1.29 is 36.7 Å². The topological polar surface area (TPSA) is 120 Å². The van der Waals surface area contributed by atoms with Gasteiger partial charge in [-0.3, -0.25) is 4.57 Å². The number of methoxy groups -OCH3 is 1. The van der Waals surface area contributed by atoms with Crippen LogP contribution in [0.3, 0.4) is 0 Å². The fourth-order valence-electron chi connectivity index (χ4n) is 4.25. The molecule has 230 valence electrons. The van der Waals surface area contributed by atoms with E-state index in [2.05, 4.69) is 10.1 Å². The smallest absolute Gasteiger partial charge is 0.354 e. The number of hydrogen-bond donors (Lipinski definition) is 0. The van der Waals surface area contributed by atoms with E-state index in [1.165, 1.54) is 5.82 Å². The molecule has 11 nitrogen and oxygen atoms in total. The van der Waals surface area contributed by atoms with Crippen LogP contribution in [0, 0.1) is 6.92 Å². The minimum Gasteiger partial charge on any atom is -0.493 e. The maximum absolute atomic E-state index is 13.0. The van der Waals surface area contributed by atoms with Crippen molar-refractivity contribution in [2.75, 3.05) is 20.3 Å². The number of oxazole rings is 1. The van der Waals surface area contributed by atoms with Crippen LogP contribution < -0.4 is 14.2 Å². The highest BCUT2D eigenvalue weighted by Crippen LogP contribution is 2.50. The summed E-state index contributed by atoms with van der Waals surface area (Å²) in [6, 6.07) is 18.7. The van der Waals surface area contributed by atoms with Gasteiger partial charge in [0, 0.05) is 12.0 Å². The van der Waals surface area contributed by atoms with Crippen LogP contribution >= 0.6 is 7.60 Å². The predicted molar refractivity (Wildman–Crippen MR) is 164 cm³/mol. The highest BCUT2D eigenvalue weighted by molar-refractivity contribution is 7.57. The van der Waals surface area contributed by atoms with E-state index in [1.54, 1.807) is 56.3 Å². The van der Waals surface area contributed by atoms with Crippen LogP contribution in [0.2, 0.25) is 0 Å². The molecule has 5 rings (SSSR count).